The molecular formula is C14H12F2N2O2. The number of benzene rings is 1. The normalized spacial score (nSPS) is 18.8. The van der Waals surface area contributed by atoms with Crippen LogP contribution < -0.4 is 4.90 Å². The minimum absolute atomic E-state index is 0.163. The van der Waals surface area contributed by atoms with E-state index in [1.165, 1.54) is 12.1 Å². The number of piperidine rings is 1. The summed E-state index contributed by atoms with van der Waals surface area (Å²) in [7, 11) is 0. The zero-order valence-electron chi connectivity index (χ0n) is 10.6. The summed E-state index contributed by atoms with van der Waals surface area (Å²) in [6.45, 7) is 0.232. The maximum absolute atomic E-state index is 13.7. The standard InChI is InChI=1S/C14H12F2N2O2/c15-10-4-1-5-11(13(10)16)18-8-2-3-9(14(18)20)12(19)6-7-17/h1,4-5,9H,2-3,6,8H2/t9-/m0/s1. The Hall–Kier alpha value is -2.29. The molecule has 1 aliphatic rings. The van der Waals surface area contributed by atoms with E-state index in [0.717, 1.165) is 11.0 Å². The summed E-state index contributed by atoms with van der Waals surface area (Å²) < 4.78 is 26.9. The van der Waals surface area contributed by atoms with E-state index in [9.17, 15) is 18.4 Å². The molecule has 0 bridgehead atoms. The molecule has 1 amide bonds. The van der Waals surface area contributed by atoms with Crippen LogP contribution in [0.5, 0.6) is 0 Å². The minimum atomic E-state index is -1.10. The van der Waals surface area contributed by atoms with Gasteiger partial charge in [-0.1, -0.05) is 6.07 Å². The quantitative estimate of drug-likeness (QED) is 0.796. The lowest BCUT2D eigenvalue weighted by molar-refractivity contribution is -0.133. The lowest BCUT2D eigenvalue weighted by Crippen LogP contribution is -2.44. The lowest BCUT2D eigenvalue weighted by atomic mass is 9.91. The Morgan fingerprint density at radius 3 is 2.90 bits per heavy atom. The van der Waals surface area contributed by atoms with Crippen molar-refractivity contribution < 1.29 is 18.4 Å². The van der Waals surface area contributed by atoms with Crippen LogP contribution in [0.25, 0.3) is 0 Å². The summed E-state index contributed by atoms with van der Waals surface area (Å²) in [4.78, 5) is 25.0. The van der Waals surface area contributed by atoms with Crippen molar-refractivity contribution in [3.63, 3.8) is 0 Å². The SMILES string of the molecule is N#CCC(=O)[C@@H]1CCCN(c2cccc(F)c2F)C1=O. The molecule has 0 spiro atoms. The number of hydrogen-bond donors (Lipinski definition) is 0. The second-order valence-corrected chi connectivity index (χ2v) is 4.56. The third-order valence-corrected chi connectivity index (χ3v) is 3.30. The molecule has 6 heteroatoms. The van der Waals surface area contributed by atoms with E-state index in [-0.39, 0.29) is 18.7 Å². The van der Waals surface area contributed by atoms with Crippen molar-refractivity contribution in [2.45, 2.75) is 19.3 Å². The third kappa shape index (κ3) is 2.52. The maximum atomic E-state index is 13.7. The van der Waals surface area contributed by atoms with Gasteiger partial charge in [0.2, 0.25) is 5.91 Å². The van der Waals surface area contributed by atoms with Crippen LogP contribution in [0, 0.1) is 28.9 Å². The van der Waals surface area contributed by atoms with Crippen LogP contribution in [0.3, 0.4) is 0 Å². The molecule has 104 valence electrons. The van der Waals surface area contributed by atoms with Gasteiger partial charge in [0.05, 0.1) is 24.1 Å². The summed E-state index contributed by atoms with van der Waals surface area (Å²) in [6, 6.07) is 5.28. The summed E-state index contributed by atoms with van der Waals surface area (Å²) in [6.07, 6.45) is 0.492. The zero-order valence-corrected chi connectivity index (χ0v) is 10.6. The molecule has 1 saturated heterocycles. The Balaban J connectivity index is 2.29. The van der Waals surface area contributed by atoms with E-state index in [2.05, 4.69) is 0 Å². The van der Waals surface area contributed by atoms with Crippen LogP contribution in [0.1, 0.15) is 19.3 Å². The largest absolute Gasteiger partial charge is 0.309 e. The summed E-state index contributed by atoms with van der Waals surface area (Å²) in [5, 5.41) is 8.51. The van der Waals surface area contributed by atoms with E-state index in [1.54, 1.807) is 6.07 Å². The molecule has 0 aromatic heterocycles. The Morgan fingerprint density at radius 1 is 1.45 bits per heavy atom. The van der Waals surface area contributed by atoms with Crippen LogP contribution in [-0.2, 0) is 9.59 Å². The van der Waals surface area contributed by atoms with Gasteiger partial charge in [-0.2, -0.15) is 5.26 Å². The number of rotatable bonds is 3. The van der Waals surface area contributed by atoms with Crippen molar-refractivity contribution in [2.24, 2.45) is 5.92 Å². The highest BCUT2D eigenvalue weighted by atomic mass is 19.2. The zero-order chi connectivity index (χ0) is 14.7. The maximum Gasteiger partial charge on any atom is 0.237 e. The first-order chi connectivity index (χ1) is 9.56. The van der Waals surface area contributed by atoms with E-state index in [1.807, 2.05) is 0 Å². The highest BCUT2D eigenvalue weighted by Crippen LogP contribution is 2.28. The average molecular weight is 278 g/mol. The Labute approximate surface area is 114 Å². The number of nitriles is 1. The van der Waals surface area contributed by atoms with Gasteiger partial charge in [0.25, 0.3) is 0 Å². The smallest absolute Gasteiger partial charge is 0.237 e. The first-order valence-electron chi connectivity index (χ1n) is 6.21. The van der Waals surface area contributed by atoms with Crippen molar-refractivity contribution in [3.05, 3.63) is 29.8 Å². The van der Waals surface area contributed by atoms with Crippen LogP contribution >= 0.6 is 0 Å². The van der Waals surface area contributed by atoms with Crippen molar-refractivity contribution in [2.75, 3.05) is 11.4 Å². The number of Topliss-reactive ketones (excluding diaryl/α,β-unsaturated/α-hetero) is 1. The number of carbonyl (C=O) groups is 2. The molecule has 2 rings (SSSR count). The van der Waals surface area contributed by atoms with Crippen molar-refractivity contribution in [3.8, 4) is 6.07 Å². The van der Waals surface area contributed by atoms with Gasteiger partial charge in [0.15, 0.2) is 17.4 Å². The molecule has 0 aliphatic carbocycles. The number of halogens is 2. The molecule has 4 nitrogen and oxygen atoms in total. The van der Waals surface area contributed by atoms with Gasteiger partial charge in [0, 0.05) is 6.54 Å². The topological polar surface area (TPSA) is 61.2 Å². The molecule has 0 saturated carbocycles. The van der Waals surface area contributed by atoms with Crippen molar-refractivity contribution in [1.29, 1.82) is 5.26 Å². The molecule has 1 aromatic rings. The summed E-state index contributed by atoms with van der Waals surface area (Å²) in [5.74, 6) is -4.12. The molecule has 0 N–H and O–H groups in total. The second-order valence-electron chi connectivity index (χ2n) is 4.56. The van der Waals surface area contributed by atoms with Gasteiger partial charge in [0.1, 0.15) is 0 Å². The van der Waals surface area contributed by atoms with Crippen molar-refractivity contribution in [1.82, 2.24) is 0 Å². The van der Waals surface area contributed by atoms with Gasteiger partial charge in [-0.3, -0.25) is 9.59 Å². The Kier molecular flexibility index (Phi) is 4.08. The van der Waals surface area contributed by atoms with Gasteiger partial charge in [-0.05, 0) is 25.0 Å². The minimum Gasteiger partial charge on any atom is -0.309 e. The van der Waals surface area contributed by atoms with Crippen molar-refractivity contribution >= 4 is 17.4 Å². The molecule has 1 aromatic carbocycles. The van der Waals surface area contributed by atoms with E-state index < -0.39 is 29.2 Å². The fourth-order valence-electron chi connectivity index (χ4n) is 2.32. The monoisotopic (exact) mass is 278 g/mol. The molecular weight excluding hydrogens is 266 g/mol. The number of nitrogens with zero attached hydrogens (tertiary/aromatic N) is 2. The van der Waals surface area contributed by atoms with Gasteiger partial charge in [-0.15, -0.1) is 0 Å². The molecule has 20 heavy (non-hydrogen) atoms. The number of anilines is 1. The number of ketones is 1. The lowest BCUT2D eigenvalue weighted by Gasteiger charge is -2.31. The average Bonchev–Trinajstić information content (AvgIpc) is 2.43. The fraction of sp³-hybridized carbons (Fsp3) is 0.357. The number of amides is 1. The predicted octanol–water partition coefficient (Wildman–Crippen LogP) is 2.19. The highest BCUT2D eigenvalue weighted by molar-refractivity contribution is 6.09. The van der Waals surface area contributed by atoms with E-state index in [0.29, 0.717) is 12.8 Å². The first kappa shape index (κ1) is 14.1. The summed E-state index contributed by atoms with van der Waals surface area (Å²) >= 11 is 0. The number of hydrogen-bond acceptors (Lipinski definition) is 3. The molecule has 1 atom stereocenters. The van der Waals surface area contributed by atoms with Gasteiger partial charge < -0.3 is 4.90 Å². The van der Waals surface area contributed by atoms with Crippen LogP contribution in [0.2, 0.25) is 0 Å². The van der Waals surface area contributed by atoms with E-state index >= 15 is 0 Å². The van der Waals surface area contributed by atoms with Crippen LogP contribution in [-0.4, -0.2) is 18.2 Å². The number of carbonyl (C=O) groups excluding carboxylic acids is 2. The highest BCUT2D eigenvalue weighted by Gasteiger charge is 2.35. The van der Waals surface area contributed by atoms with Gasteiger partial charge in [-0.25, -0.2) is 8.78 Å². The molecule has 0 radical (unpaired) electrons. The van der Waals surface area contributed by atoms with Crippen LogP contribution in [0.15, 0.2) is 18.2 Å². The van der Waals surface area contributed by atoms with Gasteiger partial charge >= 0.3 is 0 Å². The predicted molar refractivity (Wildman–Crippen MR) is 66.7 cm³/mol. The fourth-order valence-corrected chi connectivity index (χ4v) is 2.32. The Bertz CT molecular complexity index is 595. The first-order valence-corrected chi connectivity index (χ1v) is 6.21. The molecule has 1 fully saturated rings. The molecule has 1 heterocycles. The summed E-state index contributed by atoms with van der Waals surface area (Å²) in [5.41, 5.74) is -0.163. The second kappa shape index (κ2) is 5.78. The molecule has 1 aliphatic heterocycles. The van der Waals surface area contributed by atoms with Crippen LogP contribution in [0.4, 0.5) is 14.5 Å². The third-order valence-electron chi connectivity index (χ3n) is 3.30. The Morgan fingerprint density at radius 2 is 2.20 bits per heavy atom. The molecule has 0 unspecified atom stereocenters. The van der Waals surface area contributed by atoms with E-state index in [4.69, 9.17) is 5.26 Å².